The Bertz CT molecular complexity index is 672. The molecule has 0 atom stereocenters. The minimum atomic E-state index is -3.63. The van der Waals surface area contributed by atoms with Gasteiger partial charge in [-0.1, -0.05) is 5.16 Å². The van der Waals surface area contributed by atoms with Gasteiger partial charge in [0.1, 0.15) is 5.69 Å². The van der Waals surface area contributed by atoms with Crippen LogP contribution in [0.3, 0.4) is 0 Å². The molecule has 2 heterocycles. The number of carbonyl (C=O) groups is 1. The molecule has 9 heteroatoms. The van der Waals surface area contributed by atoms with E-state index in [2.05, 4.69) is 5.16 Å². The summed E-state index contributed by atoms with van der Waals surface area (Å²) in [6, 6.07) is 1.67. The number of hydrogen-bond donors (Lipinski definition) is 2. The van der Waals surface area contributed by atoms with Crippen LogP contribution in [0.4, 0.5) is 5.88 Å². The Morgan fingerprint density at radius 3 is 2.78 bits per heavy atom. The van der Waals surface area contributed by atoms with Crippen molar-refractivity contribution in [3.63, 3.8) is 0 Å². The molecule has 2 rings (SSSR count). The largest absolute Gasteiger partial charge is 0.477 e. The Morgan fingerprint density at radius 1 is 1.56 bits per heavy atom. The van der Waals surface area contributed by atoms with Crippen molar-refractivity contribution in [1.29, 1.82) is 0 Å². The highest BCUT2D eigenvalue weighted by Gasteiger charge is 2.25. The van der Waals surface area contributed by atoms with Crippen molar-refractivity contribution >= 4 is 33.2 Å². The van der Waals surface area contributed by atoms with Crippen LogP contribution in [0.2, 0.25) is 0 Å². The maximum absolute atomic E-state index is 11.2. The lowest BCUT2D eigenvalue weighted by atomic mass is 10.1. The van der Waals surface area contributed by atoms with Gasteiger partial charge in [0, 0.05) is 10.9 Å². The molecule has 0 spiro atoms. The van der Waals surface area contributed by atoms with Crippen LogP contribution in [0.25, 0.3) is 11.3 Å². The molecule has 96 valence electrons. The summed E-state index contributed by atoms with van der Waals surface area (Å²) in [6.45, 7) is 0. The topological polar surface area (TPSA) is 110 Å². The third-order valence-electron chi connectivity index (χ3n) is 1.98. The number of aromatic carboxylic acids is 1. The van der Waals surface area contributed by atoms with Gasteiger partial charge in [-0.3, -0.25) is 4.72 Å². The van der Waals surface area contributed by atoms with Crippen LogP contribution < -0.4 is 4.72 Å². The van der Waals surface area contributed by atoms with Crippen molar-refractivity contribution < 1.29 is 22.8 Å². The van der Waals surface area contributed by atoms with Gasteiger partial charge in [-0.05, 0) is 11.4 Å². The third-order valence-corrected chi connectivity index (χ3v) is 3.22. The second-order valence-corrected chi connectivity index (χ2v) is 5.96. The van der Waals surface area contributed by atoms with Gasteiger partial charge in [-0.15, -0.1) is 0 Å². The Kier molecular flexibility index (Phi) is 3.09. The van der Waals surface area contributed by atoms with Gasteiger partial charge in [0.25, 0.3) is 5.88 Å². The summed E-state index contributed by atoms with van der Waals surface area (Å²) < 4.78 is 28.9. The van der Waals surface area contributed by atoms with E-state index in [1.807, 2.05) is 4.72 Å². The molecule has 0 aliphatic carbocycles. The maximum Gasteiger partial charge on any atom is 0.343 e. The molecule has 0 radical (unpaired) electrons. The molecule has 2 aromatic heterocycles. The first-order valence-electron chi connectivity index (χ1n) is 4.62. The Morgan fingerprint density at radius 2 is 2.28 bits per heavy atom. The summed E-state index contributed by atoms with van der Waals surface area (Å²) in [7, 11) is -3.63. The summed E-state index contributed by atoms with van der Waals surface area (Å²) >= 11 is 1.36. The van der Waals surface area contributed by atoms with E-state index in [9.17, 15) is 13.2 Å². The fraction of sp³-hybridized carbons (Fsp3) is 0.111. The first-order chi connectivity index (χ1) is 8.38. The molecule has 0 aliphatic heterocycles. The number of aromatic nitrogens is 1. The molecule has 0 bridgehead atoms. The summed E-state index contributed by atoms with van der Waals surface area (Å²) in [5.74, 6) is -1.71. The van der Waals surface area contributed by atoms with Crippen molar-refractivity contribution in [2.45, 2.75) is 0 Å². The highest BCUT2D eigenvalue weighted by atomic mass is 32.2. The van der Waals surface area contributed by atoms with Gasteiger partial charge in [0.15, 0.2) is 5.56 Å². The second kappa shape index (κ2) is 4.42. The zero-order valence-electron chi connectivity index (χ0n) is 9.08. The van der Waals surface area contributed by atoms with Gasteiger partial charge in [0.05, 0.1) is 6.26 Å². The van der Waals surface area contributed by atoms with E-state index in [1.54, 1.807) is 16.8 Å². The summed E-state index contributed by atoms with van der Waals surface area (Å²) in [5.41, 5.74) is 0.344. The molecule has 0 amide bonds. The number of nitrogens with zero attached hydrogens (tertiary/aromatic N) is 1. The van der Waals surface area contributed by atoms with E-state index in [1.165, 1.54) is 11.3 Å². The van der Waals surface area contributed by atoms with Gasteiger partial charge >= 0.3 is 5.97 Å². The quantitative estimate of drug-likeness (QED) is 0.881. The number of rotatable bonds is 4. The molecule has 0 aliphatic rings. The molecule has 2 N–H and O–H groups in total. The molecule has 0 aromatic carbocycles. The van der Waals surface area contributed by atoms with Crippen LogP contribution in [0.1, 0.15) is 10.4 Å². The molecular formula is C9H8N2O5S2. The van der Waals surface area contributed by atoms with E-state index in [0.717, 1.165) is 6.26 Å². The number of nitrogens with one attached hydrogen (secondary N) is 1. The lowest BCUT2D eigenvalue weighted by Crippen LogP contribution is -2.12. The van der Waals surface area contributed by atoms with E-state index in [-0.39, 0.29) is 11.3 Å². The fourth-order valence-electron chi connectivity index (χ4n) is 1.32. The predicted molar refractivity (Wildman–Crippen MR) is 65.2 cm³/mol. The zero-order chi connectivity index (χ0) is 13.3. The number of carboxylic acids is 1. The fourth-order valence-corrected chi connectivity index (χ4v) is 2.44. The van der Waals surface area contributed by atoms with Gasteiger partial charge < -0.3 is 9.63 Å². The van der Waals surface area contributed by atoms with Crippen LogP contribution in [0, 0.1) is 0 Å². The van der Waals surface area contributed by atoms with Crippen LogP contribution >= 0.6 is 11.3 Å². The monoisotopic (exact) mass is 288 g/mol. The van der Waals surface area contributed by atoms with E-state index in [0.29, 0.717) is 5.56 Å². The number of anilines is 1. The number of thiophene rings is 1. The third kappa shape index (κ3) is 2.51. The number of carboxylic acid groups (broad SMARTS) is 1. The Balaban J connectivity index is 2.54. The van der Waals surface area contributed by atoms with E-state index < -0.39 is 21.9 Å². The average molecular weight is 288 g/mol. The summed E-state index contributed by atoms with van der Waals surface area (Å²) in [4.78, 5) is 11.2. The molecule has 18 heavy (non-hydrogen) atoms. The first-order valence-corrected chi connectivity index (χ1v) is 7.45. The summed E-state index contributed by atoms with van der Waals surface area (Å²) in [6.07, 6.45) is 0.894. The van der Waals surface area contributed by atoms with Crippen LogP contribution in [0.15, 0.2) is 21.3 Å². The van der Waals surface area contributed by atoms with Crippen molar-refractivity contribution in [3.8, 4) is 11.3 Å². The SMILES string of the molecule is CS(=O)(=O)Nc1onc(-c2ccsc2)c1C(=O)O. The standard InChI is InChI=1S/C9H8N2O5S2/c1-18(14,15)11-8-6(9(12)13)7(10-16-8)5-2-3-17-4-5/h2-4,11H,1H3,(H,12,13). The first kappa shape index (κ1) is 12.6. The molecule has 0 fully saturated rings. The summed E-state index contributed by atoms with van der Waals surface area (Å²) in [5, 5.41) is 16.1. The number of sulfonamides is 1. The lowest BCUT2D eigenvalue weighted by Gasteiger charge is -1.99. The second-order valence-electron chi connectivity index (χ2n) is 3.43. The lowest BCUT2D eigenvalue weighted by molar-refractivity contribution is 0.0698. The van der Waals surface area contributed by atoms with Crippen LogP contribution in [0.5, 0.6) is 0 Å². The van der Waals surface area contributed by atoms with Crippen LogP contribution in [-0.4, -0.2) is 30.9 Å². The average Bonchev–Trinajstić information content (AvgIpc) is 2.81. The number of hydrogen-bond acceptors (Lipinski definition) is 6. The van der Waals surface area contributed by atoms with Crippen LogP contribution in [-0.2, 0) is 10.0 Å². The minimum absolute atomic E-state index is 0.0925. The highest BCUT2D eigenvalue weighted by Crippen LogP contribution is 2.30. The smallest absolute Gasteiger partial charge is 0.343 e. The van der Waals surface area contributed by atoms with Gasteiger partial charge in [0.2, 0.25) is 10.0 Å². The molecule has 2 aromatic rings. The van der Waals surface area contributed by atoms with E-state index in [4.69, 9.17) is 9.63 Å². The van der Waals surface area contributed by atoms with Gasteiger partial charge in [-0.25, -0.2) is 13.2 Å². The van der Waals surface area contributed by atoms with Crippen molar-refractivity contribution in [2.75, 3.05) is 11.0 Å². The molecule has 0 unspecified atom stereocenters. The predicted octanol–water partition coefficient (Wildman–Crippen LogP) is 1.47. The molecule has 0 saturated carbocycles. The molecule has 7 nitrogen and oxygen atoms in total. The van der Waals surface area contributed by atoms with E-state index >= 15 is 0 Å². The maximum atomic E-state index is 11.2. The molecule has 0 saturated heterocycles. The highest BCUT2D eigenvalue weighted by molar-refractivity contribution is 7.92. The normalized spacial score (nSPS) is 11.4. The minimum Gasteiger partial charge on any atom is -0.477 e. The Labute approximate surface area is 106 Å². The van der Waals surface area contributed by atoms with Crippen molar-refractivity contribution in [3.05, 3.63) is 22.4 Å². The van der Waals surface area contributed by atoms with Crippen molar-refractivity contribution in [2.24, 2.45) is 0 Å². The Hall–Kier alpha value is -1.87. The van der Waals surface area contributed by atoms with Crippen molar-refractivity contribution in [1.82, 2.24) is 5.16 Å². The zero-order valence-corrected chi connectivity index (χ0v) is 10.7. The van der Waals surface area contributed by atoms with Gasteiger partial charge in [-0.2, -0.15) is 11.3 Å². The molecular weight excluding hydrogens is 280 g/mol.